The maximum Gasteiger partial charge on any atom is 0.416 e. The van der Waals surface area contributed by atoms with Crippen molar-refractivity contribution in [3.63, 3.8) is 0 Å². The maximum absolute atomic E-state index is 12.7. The smallest absolute Gasteiger partial charge is 0.416 e. The average Bonchev–Trinajstić information content (AvgIpc) is 2.73. The standard InChI is InChI=1S/C23H27F3N2O/c1-18(20-5-9-22(29-2)10-6-20)11-12-27-13-15-28(16-14-27)17-19-3-7-21(8-4-19)23(24,25)26/h3-11H,12-17H2,1-2H3/b18-11+. The van der Waals surface area contributed by atoms with E-state index in [0.717, 1.165) is 44.0 Å². The number of piperazine rings is 1. The van der Waals surface area contributed by atoms with Gasteiger partial charge in [0.05, 0.1) is 12.7 Å². The lowest BCUT2D eigenvalue weighted by molar-refractivity contribution is -0.137. The van der Waals surface area contributed by atoms with Crippen molar-refractivity contribution in [1.82, 2.24) is 9.80 Å². The Morgan fingerprint density at radius 2 is 1.52 bits per heavy atom. The predicted octanol–water partition coefficient (Wildman–Crippen LogP) is 4.94. The van der Waals surface area contributed by atoms with Gasteiger partial charge in [-0.05, 0) is 47.9 Å². The summed E-state index contributed by atoms with van der Waals surface area (Å²) in [6, 6.07) is 13.5. The third-order valence-corrected chi connectivity index (χ3v) is 5.35. The van der Waals surface area contributed by atoms with E-state index < -0.39 is 11.7 Å². The van der Waals surface area contributed by atoms with Crippen LogP contribution < -0.4 is 4.74 Å². The molecule has 0 bridgehead atoms. The first kappa shape index (κ1) is 21.4. The monoisotopic (exact) mass is 404 g/mol. The highest BCUT2D eigenvalue weighted by Crippen LogP contribution is 2.29. The summed E-state index contributed by atoms with van der Waals surface area (Å²) in [4.78, 5) is 4.69. The highest BCUT2D eigenvalue weighted by molar-refractivity contribution is 5.64. The second-order valence-electron chi connectivity index (χ2n) is 7.39. The first-order valence-corrected chi connectivity index (χ1v) is 9.77. The second kappa shape index (κ2) is 9.46. The summed E-state index contributed by atoms with van der Waals surface area (Å²) in [5.74, 6) is 0.853. The zero-order chi connectivity index (χ0) is 20.9. The Morgan fingerprint density at radius 3 is 2.07 bits per heavy atom. The summed E-state index contributed by atoms with van der Waals surface area (Å²) in [5, 5.41) is 0. The fraction of sp³-hybridized carbons (Fsp3) is 0.391. The number of nitrogens with zero attached hydrogens (tertiary/aromatic N) is 2. The minimum absolute atomic E-state index is 0.593. The van der Waals surface area contributed by atoms with Crippen molar-refractivity contribution in [3.05, 3.63) is 71.3 Å². The summed E-state index contributed by atoms with van der Waals surface area (Å²) >= 11 is 0. The van der Waals surface area contributed by atoms with Gasteiger partial charge in [0.1, 0.15) is 5.75 Å². The maximum atomic E-state index is 12.7. The molecule has 2 aromatic rings. The van der Waals surface area contributed by atoms with Crippen LogP contribution in [0.15, 0.2) is 54.6 Å². The van der Waals surface area contributed by atoms with E-state index in [9.17, 15) is 13.2 Å². The molecule has 0 N–H and O–H groups in total. The summed E-state index contributed by atoms with van der Waals surface area (Å²) in [7, 11) is 1.66. The Hall–Kier alpha value is -2.31. The molecule has 1 aliphatic heterocycles. The Morgan fingerprint density at radius 1 is 0.931 bits per heavy atom. The highest BCUT2D eigenvalue weighted by Gasteiger charge is 2.30. The van der Waals surface area contributed by atoms with Crippen LogP contribution in [0.3, 0.4) is 0 Å². The molecule has 0 unspecified atom stereocenters. The lowest BCUT2D eigenvalue weighted by atomic mass is 10.1. The lowest BCUT2D eigenvalue weighted by Gasteiger charge is -2.34. The van der Waals surface area contributed by atoms with Crippen molar-refractivity contribution < 1.29 is 17.9 Å². The molecule has 0 aliphatic carbocycles. The number of halogens is 3. The van der Waals surface area contributed by atoms with Crippen LogP contribution in [-0.4, -0.2) is 49.6 Å². The van der Waals surface area contributed by atoms with Gasteiger partial charge in [-0.3, -0.25) is 9.80 Å². The van der Waals surface area contributed by atoms with E-state index in [-0.39, 0.29) is 0 Å². The van der Waals surface area contributed by atoms with Crippen molar-refractivity contribution in [2.45, 2.75) is 19.6 Å². The molecule has 156 valence electrons. The van der Waals surface area contributed by atoms with Crippen LogP contribution in [0, 0.1) is 0 Å². The molecule has 29 heavy (non-hydrogen) atoms. The van der Waals surface area contributed by atoms with E-state index in [1.807, 2.05) is 12.1 Å². The predicted molar refractivity (Wildman–Crippen MR) is 110 cm³/mol. The van der Waals surface area contributed by atoms with Gasteiger partial charge in [0.25, 0.3) is 0 Å². The molecular formula is C23H27F3N2O. The first-order valence-electron chi connectivity index (χ1n) is 9.77. The zero-order valence-corrected chi connectivity index (χ0v) is 16.9. The van der Waals surface area contributed by atoms with Gasteiger partial charge in [-0.25, -0.2) is 0 Å². The van der Waals surface area contributed by atoms with Crippen LogP contribution in [0.4, 0.5) is 13.2 Å². The van der Waals surface area contributed by atoms with Crippen LogP contribution in [0.1, 0.15) is 23.6 Å². The Kier molecular flexibility index (Phi) is 6.98. The molecule has 2 aromatic carbocycles. The van der Waals surface area contributed by atoms with Gasteiger partial charge < -0.3 is 4.74 Å². The van der Waals surface area contributed by atoms with Crippen molar-refractivity contribution in [2.75, 3.05) is 39.8 Å². The van der Waals surface area contributed by atoms with Crippen molar-refractivity contribution in [1.29, 1.82) is 0 Å². The molecule has 0 saturated carbocycles. The van der Waals surface area contributed by atoms with Gasteiger partial charge in [-0.2, -0.15) is 13.2 Å². The lowest BCUT2D eigenvalue weighted by Crippen LogP contribution is -2.45. The van der Waals surface area contributed by atoms with Crippen LogP contribution in [-0.2, 0) is 12.7 Å². The number of hydrogen-bond acceptors (Lipinski definition) is 3. The minimum Gasteiger partial charge on any atom is -0.497 e. The molecular weight excluding hydrogens is 377 g/mol. The number of methoxy groups -OCH3 is 1. The van der Waals surface area contributed by atoms with Crippen LogP contribution >= 0.6 is 0 Å². The Bertz CT molecular complexity index is 806. The van der Waals surface area contributed by atoms with Crippen molar-refractivity contribution >= 4 is 5.57 Å². The van der Waals surface area contributed by atoms with Gasteiger partial charge in [-0.1, -0.05) is 30.3 Å². The van der Waals surface area contributed by atoms with Crippen LogP contribution in [0.5, 0.6) is 5.75 Å². The van der Waals surface area contributed by atoms with Gasteiger partial charge in [0.15, 0.2) is 0 Å². The van der Waals surface area contributed by atoms with Gasteiger partial charge >= 0.3 is 6.18 Å². The molecule has 1 fully saturated rings. The third-order valence-electron chi connectivity index (χ3n) is 5.35. The Balaban J connectivity index is 1.46. The fourth-order valence-corrected chi connectivity index (χ4v) is 3.43. The Labute approximate surface area is 170 Å². The van der Waals surface area contributed by atoms with Crippen LogP contribution in [0.25, 0.3) is 5.57 Å². The summed E-state index contributed by atoms with van der Waals surface area (Å²) in [5.41, 5.74) is 2.75. The molecule has 3 rings (SSSR count). The van der Waals surface area contributed by atoms with Crippen molar-refractivity contribution in [2.24, 2.45) is 0 Å². The third kappa shape index (κ3) is 6.08. The number of ether oxygens (including phenoxy) is 1. The molecule has 6 heteroatoms. The highest BCUT2D eigenvalue weighted by atomic mass is 19.4. The molecule has 0 aromatic heterocycles. The number of benzene rings is 2. The average molecular weight is 404 g/mol. The number of hydrogen-bond donors (Lipinski definition) is 0. The molecule has 3 nitrogen and oxygen atoms in total. The summed E-state index contributed by atoms with van der Waals surface area (Å²) in [6.07, 6.45) is -2.03. The SMILES string of the molecule is COc1ccc(/C(C)=C/CN2CCN(Cc3ccc(C(F)(F)F)cc3)CC2)cc1. The quantitative estimate of drug-likeness (QED) is 0.679. The van der Waals surface area contributed by atoms with E-state index in [2.05, 4.69) is 34.9 Å². The largest absolute Gasteiger partial charge is 0.497 e. The molecule has 1 aliphatic rings. The minimum atomic E-state index is -4.28. The van der Waals surface area contributed by atoms with Gasteiger partial charge in [0, 0.05) is 39.3 Å². The number of rotatable bonds is 6. The first-order chi connectivity index (χ1) is 13.8. The number of alkyl halides is 3. The topological polar surface area (TPSA) is 15.7 Å². The normalized spacial score (nSPS) is 16.8. The van der Waals surface area contributed by atoms with Crippen molar-refractivity contribution in [3.8, 4) is 5.75 Å². The van der Waals surface area contributed by atoms with E-state index in [4.69, 9.17) is 4.74 Å². The molecule has 0 amide bonds. The molecule has 0 atom stereocenters. The molecule has 1 heterocycles. The summed E-state index contributed by atoms with van der Waals surface area (Å²) in [6.45, 7) is 7.42. The van der Waals surface area contributed by atoms with E-state index >= 15 is 0 Å². The second-order valence-corrected chi connectivity index (χ2v) is 7.39. The fourth-order valence-electron chi connectivity index (χ4n) is 3.43. The van der Waals surface area contributed by atoms with Gasteiger partial charge in [-0.15, -0.1) is 0 Å². The molecule has 0 spiro atoms. The van der Waals surface area contributed by atoms with Gasteiger partial charge in [0.2, 0.25) is 0 Å². The van der Waals surface area contributed by atoms with E-state index in [1.54, 1.807) is 19.2 Å². The summed E-state index contributed by atoms with van der Waals surface area (Å²) < 4.78 is 43.2. The molecule has 1 saturated heterocycles. The molecule has 0 radical (unpaired) electrons. The van der Waals surface area contributed by atoms with E-state index in [0.29, 0.717) is 6.54 Å². The number of allylic oxidation sites excluding steroid dienone is 1. The zero-order valence-electron chi connectivity index (χ0n) is 16.9. The van der Waals surface area contributed by atoms with E-state index in [1.165, 1.54) is 23.3 Å². The van der Waals surface area contributed by atoms with Crippen LogP contribution in [0.2, 0.25) is 0 Å².